The normalized spacial score (nSPS) is 44.4. The molecule has 0 aromatic heterocycles. The van der Waals surface area contributed by atoms with Gasteiger partial charge in [0.05, 0.1) is 5.60 Å². The van der Waals surface area contributed by atoms with Gasteiger partial charge < -0.3 is 4.74 Å². The van der Waals surface area contributed by atoms with Crippen LogP contribution in [-0.4, -0.2) is 18.0 Å². The van der Waals surface area contributed by atoms with Gasteiger partial charge in [0.25, 0.3) is 0 Å². The quantitative estimate of drug-likeness (QED) is 0.510. The van der Waals surface area contributed by atoms with E-state index >= 15 is 0 Å². The van der Waals surface area contributed by atoms with Crippen LogP contribution >= 0.6 is 0 Å². The molecule has 0 N–H and O–H groups in total. The lowest BCUT2D eigenvalue weighted by Gasteiger charge is -2.62. The Morgan fingerprint density at radius 3 is 2.55 bits per heavy atom. The molecule has 0 saturated heterocycles. The van der Waals surface area contributed by atoms with Gasteiger partial charge in [0.1, 0.15) is 5.78 Å². The first-order chi connectivity index (χ1) is 14.9. The number of benzene rings is 1. The van der Waals surface area contributed by atoms with Gasteiger partial charge in [0, 0.05) is 24.9 Å². The third-order valence-electron chi connectivity index (χ3n) is 10.5. The average Bonchev–Trinajstić information content (AvgIpc) is 3.08. The minimum Gasteiger partial charge on any atom is -0.375 e. The van der Waals surface area contributed by atoms with Crippen molar-refractivity contribution < 1.29 is 9.53 Å². The molecule has 4 aliphatic rings. The first-order valence-electron chi connectivity index (χ1n) is 13.1. The number of rotatable bonds is 5. The Kier molecular flexibility index (Phi) is 5.60. The van der Waals surface area contributed by atoms with E-state index < -0.39 is 0 Å². The van der Waals surface area contributed by atoms with Crippen LogP contribution in [0.25, 0.3) is 0 Å². The van der Waals surface area contributed by atoms with Crippen molar-refractivity contribution in [3.8, 4) is 0 Å². The summed E-state index contributed by atoms with van der Waals surface area (Å²) in [5, 5.41) is 0. The predicted octanol–water partition coefficient (Wildman–Crippen LogP) is 7.01. The molecule has 5 rings (SSSR count). The van der Waals surface area contributed by atoms with Crippen molar-refractivity contribution in [3.63, 3.8) is 0 Å². The molecule has 2 nitrogen and oxygen atoms in total. The maximum atomic E-state index is 12.7. The highest BCUT2D eigenvalue weighted by atomic mass is 16.5. The van der Waals surface area contributed by atoms with Crippen molar-refractivity contribution in [2.75, 3.05) is 6.61 Å². The summed E-state index contributed by atoms with van der Waals surface area (Å²) < 4.78 is 6.71. The summed E-state index contributed by atoms with van der Waals surface area (Å²) in [5.41, 5.74) is 1.88. The van der Waals surface area contributed by atoms with E-state index in [0.717, 1.165) is 56.5 Å². The van der Waals surface area contributed by atoms with Gasteiger partial charge in [-0.1, -0.05) is 51.1 Å². The third-order valence-corrected chi connectivity index (χ3v) is 10.5. The summed E-state index contributed by atoms with van der Waals surface area (Å²) in [4.78, 5) is 12.7. The molecule has 1 aromatic rings. The Hall–Kier alpha value is -1.15. The number of ether oxygens (including phenoxy) is 1. The van der Waals surface area contributed by atoms with E-state index in [1.807, 2.05) is 0 Å². The highest BCUT2D eigenvalue weighted by Crippen LogP contribution is 2.66. The number of hydrogen-bond donors (Lipinski definition) is 0. The SMILES string of the molecule is CCCO[C@]1(Cc2ccccc2)CC[C@@]2(C)C(CC[C@@H]3[C@@H]2CC[C@]2(C)C(=O)CC[C@@H]32)C1. The molecule has 4 saturated carbocycles. The van der Waals surface area contributed by atoms with Gasteiger partial charge in [0.15, 0.2) is 0 Å². The summed E-state index contributed by atoms with van der Waals surface area (Å²) in [6, 6.07) is 11.0. The molecule has 0 spiro atoms. The summed E-state index contributed by atoms with van der Waals surface area (Å²) in [7, 11) is 0. The molecule has 1 aromatic carbocycles. The second-order valence-electron chi connectivity index (χ2n) is 12.0. The number of ketones is 1. The van der Waals surface area contributed by atoms with Crippen LogP contribution in [0.1, 0.15) is 90.5 Å². The van der Waals surface area contributed by atoms with Gasteiger partial charge in [-0.25, -0.2) is 0 Å². The monoisotopic (exact) mass is 422 g/mol. The molecule has 31 heavy (non-hydrogen) atoms. The molecule has 0 bridgehead atoms. The lowest BCUT2D eigenvalue weighted by atomic mass is 9.44. The van der Waals surface area contributed by atoms with Crippen molar-refractivity contribution in [3.05, 3.63) is 35.9 Å². The smallest absolute Gasteiger partial charge is 0.139 e. The molecule has 4 aliphatic carbocycles. The zero-order valence-electron chi connectivity index (χ0n) is 20.0. The van der Waals surface area contributed by atoms with E-state index in [1.54, 1.807) is 0 Å². The highest BCUT2D eigenvalue weighted by Gasteiger charge is 2.61. The summed E-state index contributed by atoms with van der Waals surface area (Å²) in [6.07, 6.45) is 13.0. The van der Waals surface area contributed by atoms with Gasteiger partial charge in [-0.3, -0.25) is 4.79 Å². The van der Waals surface area contributed by atoms with Gasteiger partial charge in [0.2, 0.25) is 0 Å². The van der Waals surface area contributed by atoms with Crippen LogP contribution in [0.2, 0.25) is 0 Å². The molecule has 0 radical (unpaired) electrons. The van der Waals surface area contributed by atoms with Crippen LogP contribution < -0.4 is 0 Å². The van der Waals surface area contributed by atoms with Gasteiger partial charge >= 0.3 is 0 Å². The fourth-order valence-corrected chi connectivity index (χ4v) is 8.71. The third kappa shape index (κ3) is 3.52. The second kappa shape index (κ2) is 8.01. The average molecular weight is 423 g/mol. The van der Waals surface area contributed by atoms with E-state index in [0.29, 0.717) is 17.1 Å². The Morgan fingerprint density at radius 2 is 1.77 bits per heavy atom. The van der Waals surface area contributed by atoms with Crippen LogP contribution in [0.15, 0.2) is 30.3 Å². The largest absolute Gasteiger partial charge is 0.375 e. The van der Waals surface area contributed by atoms with Crippen LogP contribution in [0.4, 0.5) is 0 Å². The number of hydrogen-bond acceptors (Lipinski definition) is 2. The van der Waals surface area contributed by atoms with Gasteiger partial charge in [-0.05, 0) is 92.4 Å². The molecule has 0 aliphatic heterocycles. The van der Waals surface area contributed by atoms with E-state index in [1.165, 1.54) is 44.1 Å². The summed E-state index contributed by atoms with van der Waals surface area (Å²) in [6.45, 7) is 8.04. The van der Waals surface area contributed by atoms with Crippen molar-refractivity contribution in [2.24, 2.45) is 34.5 Å². The van der Waals surface area contributed by atoms with Crippen molar-refractivity contribution in [2.45, 2.75) is 97.0 Å². The fourth-order valence-electron chi connectivity index (χ4n) is 8.71. The molecule has 0 heterocycles. The molecular weight excluding hydrogens is 380 g/mol. The van der Waals surface area contributed by atoms with E-state index in [9.17, 15) is 4.79 Å². The Bertz CT molecular complexity index is 802. The van der Waals surface area contributed by atoms with Crippen LogP contribution in [0.5, 0.6) is 0 Å². The van der Waals surface area contributed by atoms with Crippen molar-refractivity contribution >= 4 is 5.78 Å². The van der Waals surface area contributed by atoms with E-state index in [-0.39, 0.29) is 11.0 Å². The van der Waals surface area contributed by atoms with Crippen LogP contribution in [-0.2, 0) is 16.0 Å². The zero-order valence-corrected chi connectivity index (χ0v) is 20.0. The first kappa shape index (κ1) is 21.7. The summed E-state index contributed by atoms with van der Waals surface area (Å²) >= 11 is 0. The molecule has 170 valence electrons. The number of carbonyl (C=O) groups excluding carboxylic acids is 1. The fraction of sp³-hybridized carbons (Fsp3) is 0.759. The maximum Gasteiger partial charge on any atom is 0.139 e. The van der Waals surface area contributed by atoms with Crippen LogP contribution in [0.3, 0.4) is 0 Å². The minimum atomic E-state index is 0.000332. The standard InChI is InChI=1S/C29H42O2/c1-4-18-31-29(19-21-8-6-5-7-9-21)17-16-27(2)22(20-29)10-11-23-24-12-13-26(30)28(24,3)15-14-25(23)27/h5-9,22-25H,4,10-20H2,1-3H3/t22?,23-,24-,25-,27-,28-,29-/m0/s1. The lowest BCUT2D eigenvalue weighted by Crippen LogP contribution is -2.56. The Labute approximate surface area is 189 Å². The van der Waals surface area contributed by atoms with Gasteiger partial charge in [-0.15, -0.1) is 0 Å². The number of fused-ring (bicyclic) bond motifs is 5. The molecule has 4 fully saturated rings. The molecule has 0 amide bonds. The maximum absolute atomic E-state index is 12.7. The second-order valence-corrected chi connectivity index (χ2v) is 12.0. The first-order valence-corrected chi connectivity index (χ1v) is 13.1. The van der Waals surface area contributed by atoms with E-state index in [2.05, 4.69) is 51.1 Å². The predicted molar refractivity (Wildman–Crippen MR) is 126 cm³/mol. The molecule has 2 heteroatoms. The number of carbonyl (C=O) groups is 1. The zero-order chi connectivity index (χ0) is 21.7. The summed E-state index contributed by atoms with van der Waals surface area (Å²) in [5.74, 6) is 3.59. The highest BCUT2D eigenvalue weighted by molar-refractivity contribution is 5.87. The lowest BCUT2D eigenvalue weighted by molar-refractivity contribution is -0.167. The number of Topliss-reactive ketones (excluding diaryl/α,β-unsaturated/α-hetero) is 1. The Morgan fingerprint density at radius 1 is 0.968 bits per heavy atom. The van der Waals surface area contributed by atoms with Crippen LogP contribution in [0, 0.1) is 34.5 Å². The Balaban J connectivity index is 1.38. The minimum absolute atomic E-state index is 0.000332. The molecule has 7 atom stereocenters. The molecule has 1 unspecified atom stereocenters. The topological polar surface area (TPSA) is 26.3 Å². The van der Waals surface area contributed by atoms with E-state index in [4.69, 9.17) is 4.74 Å². The molecular formula is C29H42O2. The van der Waals surface area contributed by atoms with Crippen molar-refractivity contribution in [1.29, 1.82) is 0 Å². The van der Waals surface area contributed by atoms with Crippen molar-refractivity contribution in [1.82, 2.24) is 0 Å². The van der Waals surface area contributed by atoms with Gasteiger partial charge in [-0.2, -0.15) is 0 Å².